The van der Waals surface area contributed by atoms with Gasteiger partial charge in [-0.2, -0.15) is 0 Å². The molecule has 2 heterocycles. The number of ether oxygens (including phenoxy) is 1. The summed E-state index contributed by atoms with van der Waals surface area (Å²) in [5.74, 6) is 1.88. The first-order valence-corrected chi connectivity index (χ1v) is 10.2. The molecule has 5 heteroatoms. The molecule has 2 aromatic carbocycles. The van der Waals surface area contributed by atoms with Gasteiger partial charge in [-0.3, -0.25) is 4.79 Å². The zero-order valence-electron chi connectivity index (χ0n) is 16.9. The van der Waals surface area contributed by atoms with Gasteiger partial charge in [0.2, 0.25) is 0 Å². The standard InChI is InChI=1S/C25H23N3O2/c1-30-19-11-9-18(10-12-19)23-24(20-6-2-3-7-21(20)25(23)29)28-16-14-27(15-17-28)22-8-4-5-13-26-22/h2-13H,14-17H2,1H3. The fourth-order valence-corrected chi connectivity index (χ4v) is 4.32. The van der Waals surface area contributed by atoms with Gasteiger partial charge >= 0.3 is 0 Å². The van der Waals surface area contributed by atoms with Crippen LogP contribution in [-0.2, 0) is 0 Å². The first-order chi connectivity index (χ1) is 14.8. The number of carbonyl (C=O) groups excluding carboxylic acids is 1. The van der Waals surface area contributed by atoms with E-state index in [2.05, 4.69) is 20.9 Å². The first-order valence-electron chi connectivity index (χ1n) is 10.2. The second-order valence-electron chi connectivity index (χ2n) is 7.49. The number of anilines is 1. The molecule has 1 aliphatic heterocycles. The molecule has 3 aromatic rings. The molecular formula is C25H23N3O2. The third kappa shape index (κ3) is 3.12. The van der Waals surface area contributed by atoms with Crippen LogP contribution in [0.3, 0.4) is 0 Å². The minimum Gasteiger partial charge on any atom is -0.497 e. The molecule has 30 heavy (non-hydrogen) atoms. The molecular weight excluding hydrogens is 374 g/mol. The van der Waals surface area contributed by atoms with Crippen LogP contribution in [0.15, 0.2) is 72.9 Å². The molecule has 1 fully saturated rings. The number of piperazine rings is 1. The second kappa shape index (κ2) is 7.67. The van der Waals surface area contributed by atoms with Crippen LogP contribution < -0.4 is 9.64 Å². The third-order valence-electron chi connectivity index (χ3n) is 5.84. The maximum Gasteiger partial charge on any atom is 0.196 e. The van der Waals surface area contributed by atoms with Gasteiger partial charge in [0.1, 0.15) is 11.6 Å². The quantitative estimate of drug-likeness (QED) is 0.666. The Balaban J connectivity index is 1.51. The van der Waals surface area contributed by atoms with Crippen LogP contribution in [0.5, 0.6) is 5.75 Å². The number of allylic oxidation sites excluding steroid dienone is 1. The smallest absolute Gasteiger partial charge is 0.196 e. The summed E-state index contributed by atoms with van der Waals surface area (Å²) in [6, 6.07) is 21.7. The zero-order valence-corrected chi connectivity index (χ0v) is 16.9. The molecule has 1 saturated heterocycles. The van der Waals surface area contributed by atoms with Gasteiger partial charge in [0.15, 0.2) is 5.78 Å². The fraction of sp³-hybridized carbons (Fsp3) is 0.200. The number of carbonyl (C=O) groups is 1. The number of fused-ring (bicyclic) bond motifs is 1. The highest BCUT2D eigenvalue weighted by molar-refractivity contribution is 6.39. The molecule has 0 radical (unpaired) electrons. The number of benzene rings is 2. The summed E-state index contributed by atoms with van der Waals surface area (Å²) in [7, 11) is 1.65. The summed E-state index contributed by atoms with van der Waals surface area (Å²) >= 11 is 0. The van der Waals surface area contributed by atoms with Crippen molar-refractivity contribution in [2.45, 2.75) is 0 Å². The largest absolute Gasteiger partial charge is 0.497 e. The van der Waals surface area contributed by atoms with Crippen molar-refractivity contribution in [3.63, 3.8) is 0 Å². The van der Waals surface area contributed by atoms with Gasteiger partial charge in [0, 0.05) is 43.5 Å². The lowest BCUT2D eigenvalue weighted by Gasteiger charge is -2.38. The number of methoxy groups -OCH3 is 1. The van der Waals surface area contributed by atoms with Gasteiger partial charge in [0.25, 0.3) is 0 Å². The van der Waals surface area contributed by atoms with Gasteiger partial charge < -0.3 is 14.5 Å². The van der Waals surface area contributed by atoms with Crippen molar-refractivity contribution in [2.24, 2.45) is 0 Å². The lowest BCUT2D eigenvalue weighted by molar-refractivity contribution is 0.105. The van der Waals surface area contributed by atoms with Crippen molar-refractivity contribution in [3.05, 3.63) is 89.6 Å². The Hall–Kier alpha value is -3.60. The van der Waals surface area contributed by atoms with E-state index in [1.54, 1.807) is 7.11 Å². The van der Waals surface area contributed by atoms with Crippen molar-refractivity contribution < 1.29 is 9.53 Å². The van der Waals surface area contributed by atoms with E-state index in [-0.39, 0.29) is 5.78 Å². The third-order valence-corrected chi connectivity index (χ3v) is 5.84. The lowest BCUT2D eigenvalue weighted by atomic mass is 10.0. The van der Waals surface area contributed by atoms with Gasteiger partial charge in [-0.05, 0) is 29.8 Å². The molecule has 1 aromatic heterocycles. The van der Waals surface area contributed by atoms with Crippen LogP contribution >= 0.6 is 0 Å². The van der Waals surface area contributed by atoms with Crippen LogP contribution in [0.1, 0.15) is 21.5 Å². The summed E-state index contributed by atoms with van der Waals surface area (Å²) in [5.41, 5.74) is 4.57. The summed E-state index contributed by atoms with van der Waals surface area (Å²) in [6.45, 7) is 3.42. The summed E-state index contributed by atoms with van der Waals surface area (Å²) in [4.78, 5) is 22.5. The molecule has 0 saturated carbocycles. The molecule has 0 spiro atoms. The number of ketones is 1. The van der Waals surface area contributed by atoms with E-state index in [9.17, 15) is 4.79 Å². The number of nitrogens with zero attached hydrogens (tertiary/aromatic N) is 3. The predicted octanol–water partition coefficient (Wildman–Crippen LogP) is 3.98. The number of Topliss-reactive ketones (excluding diaryl/α,β-unsaturated/α-hetero) is 1. The number of hydrogen-bond acceptors (Lipinski definition) is 5. The van der Waals surface area contributed by atoms with Crippen LogP contribution in [-0.4, -0.2) is 49.0 Å². The molecule has 1 aliphatic carbocycles. The average molecular weight is 397 g/mol. The van der Waals surface area contributed by atoms with Crippen molar-refractivity contribution in [1.82, 2.24) is 9.88 Å². The molecule has 0 atom stereocenters. The van der Waals surface area contributed by atoms with Crippen molar-refractivity contribution in [2.75, 3.05) is 38.2 Å². The highest BCUT2D eigenvalue weighted by atomic mass is 16.5. The SMILES string of the molecule is COc1ccc(C2=C(N3CCN(c4ccccn4)CC3)c3ccccc3C2=O)cc1. The highest BCUT2D eigenvalue weighted by Crippen LogP contribution is 2.41. The van der Waals surface area contributed by atoms with Gasteiger partial charge in [-0.1, -0.05) is 42.5 Å². The average Bonchev–Trinajstić information content (AvgIpc) is 3.12. The molecule has 0 unspecified atom stereocenters. The van der Waals surface area contributed by atoms with Crippen molar-refractivity contribution >= 4 is 22.9 Å². The lowest BCUT2D eigenvalue weighted by Crippen LogP contribution is -2.45. The Kier molecular flexibility index (Phi) is 4.71. The molecule has 5 rings (SSSR count). The molecule has 2 aliphatic rings. The Morgan fingerprint density at radius 3 is 2.13 bits per heavy atom. The van der Waals surface area contributed by atoms with Gasteiger partial charge in [-0.25, -0.2) is 4.98 Å². The molecule has 0 N–H and O–H groups in total. The van der Waals surface area contributed by atoms with E-state index in [0.29, 0.717) is 0 Å². The maximum absolute atomic E-state index is 13.4. The molecule has 5 nitrogen and oxygen atoms in total. The van der Waals surface area contributed by atoms with E-state index in [1.165, 1.54) is 0 Å². The summed E-state index contributed by atoms with van der Waals surface area (Å²) in [6.07, 6.45) is 1.83. The summed E-state index contributed by atoms with van der Waals surface area (Å²) < 4.78 is 5.29. The number of rotatable bonds is 4. The van der Waals surface area contributed by atoms with Crippen LogP contribution in [0.4, 0.5) is 5.82 Å². The maximum atomic E-state index is 13.4. The molecule has 0 bridgehead atoms. The number of hydrogen-bond donors (Lipinski definition) is 0. The van der Waals surface area contributed by atoms with Crippen molar-refractivity contribution in [3.8, 4) is 5.75 Å². The van der Waals surface area contributed by atoms with Crippen LogP contribution in [0.25, 0.3) is 11.3 Å². The number of pyridine rings is 1. The zero-order chi connectivity index (χ0) is 20.5. The highest BCUT2D eigenvalue weighted by Gasteiger charge is 2.34. The van der Waals surface area contributed by atoms with E-state index in [1.807, 2.05) is 66.9 Å². The van der Waals surface area contributed by atoms with Crippen LogP contribution in [0.2, 0.25) is 0 Å². The minimum absolute atomic E-state index is 0.0953. The monoisotopic (exact) mass is 397 g/mol. The Bertz CT molecular complexity index is 1100. The Morgan fingerprint density at radius 1 is 0.800 bits per heavy atom. The van der Waals surface area contributed by atoms with E-state index < -0.39 is 0 Å². The first kappa shape index (κ1) is 18.4. The van der Waals surface area contributed by atoms with Gasteiger partial charge in [0.05, 0.1) is 18.4 Å². The van der Waals surface area contributed by atoms with E-state index in [4.69, 9.17) is 4.74 Å². The van der Waals surface area contributed by atoms with Crippen molar-refractivity contribution in [1.29, 1.82) is 0 Å². The fourth-order valence-electron chi connectivity index (χ4n) is 4.32. The van der Waals surface area contributed by atoms with Gasteiger partial charge in [-0.15, -0.1) is 0 Å². The van der Waals surface area contributed by atoms with Crippen LogP contribution in [0, 0.1) is 0 Å². The molecule has 150 valence electrons. The minimum atomic E-state index is 0.0953. The Morgan fingerprint density at radius 2 is 1.47 bits per heavy atom. The van der Waals surface area contributed by atoms with E-state index >= 15 is 0 Å². The second-order valence-corrected chi connectivity index (χ2v) is 7.49. The Labute approximate surface area is 176 Å². The molecule has 0 amide bonds. The van der Waals surface area contributed by atoms with E-state index in [0.717, 1.165) is 65.7 Å². The topological polar surface area (TPSA) is 45.7 Å². The number of aromatic nitrogens is 1. The normalized spacial score (nSPS) is 16.1. The predicted molar refractivity (Wildman–Crippen MR) is 119 cm³/mol. The summed E-state index contributed by atoms with van der Waals surface area (Å²) in [5, 5.41) is 0.